The summed E-state index contributed by atoms with van der Waals surface area (Å²) in [4.78, 5) is 12.6. The van der Waals surface area contributed by atoms with Crippen molar-refractivity contribution in [3.05, 3.63) is 64.7 Å². The predicted octanol–water partition coefficient (Wildman–Crippen LogP) is 5.02. The third-order valence-electron chi connectivity index (χ3n) is 3.91. The van der Waals surface area contributed by atoms with Gasteiger partial charge in [-0.15, -0.1) is 0 Å². The highest BCUT2D eigenvalue weighted by Gasteiger charge is 2.35. The molecule has 3 N–H and O–H groups in total. The first kappa shape index (κ1) is 21.8. The Balaban J connectivity index is 2.12. The number of hydrogen-bond acceptors (Lipinski definition) is 2. The largest absolute Gasteiger partial charge is 0.339 e. The number of carbonyl (C=O) groups excluding carboxylic acids is 1. The van der Waals surface area contributed by atoms with Crippen LogP contribution in [-0.4, -0.2) is 21.0 Å². The van der Waals surface area contributed by atoms with Crippen molar-refractivity contribution in [3.63, 3.8) is 0 Å². The Morgan fingerprint density at radius 1 is 1.00 bits per heavy atom. The molecule has 27 heavy (non-hydrogen) atoms. The number of nitrogens with one attached hydrogen (secondary N) is 3. The van der Waals surface area contributed by atoms with Crippen molar-refractivity contribution in [2.45, 2.75) is 30.7 Å². The van der Waals surface area contributed by atoms with Gasteiger partial charge in [-0.25, -0.2) is 0 Å². The van der Waals surface area contributed by atoms with E-state index in [1.54, 1.807) is 12.1 Å². The summed E-state index contributed by atoms with van der Waals surface area (Å²) in [5, 5.41) is 8.85. The Kier molecular flexibility index (Phi) is 7.34. The highest BCUT2D eigenvalue weighted by molar-refractivity contribution is 7.80. The number of amides is 1. The predicted molar refractivity (Wildman–Crippen MR) is 118 cm³/mol. The monoisotopic (exact) mass is 443 g/mol. The van der Waals surface area contributed by atoms with Crippen LogP contribution in [0.1, 0.15) is 27.0 Å². The fourth-order valence-electron chi connectivity index (χ4n) is 2.40. The van der Waals surface area contributed by atoms with Gasteiger partial charge in [-0.1, -0.05) is 65.1 Å². The van der Waals surface area contributed by atoms with E-state index in [9.17, 15) is 4.79 Å². The lowest BCUT2D eigenvalue weighted by atomic mass is 10.1. The second kappa shape index (κ2) is 9.11. The highest BCUT2D eigenvalue weighted by atomic mass is 35.6. The maximum absolute atomic E-state index is 12.6. The van der Waals surface area contributed by atoms with Gasteiger partial charge in [0.15, 0.2) is 5.11 Å². The average molecular weight is 445 g/mol. The summed E-state index contributed by atoms with van der Waals surface area (Å²) in [7, 11) is 0. The van der Waals surface area contributed by atoms with Gasteiger partial charge in [0, 0.05) is 11.3 Å². The molecule has 1 amide bonds. The van der Waals surface area contributed by atoms with Gasteiger partial charge in [0.05, 0.1) is 0 Å². The first-order valence-corrected chi connectivity index (χ1v) is 9.70. The van der Waals surface area contributed by atoms with Crippen LogP contribution in [0.3, 0.4) is 0 Å². The molecule has 0 aliphatic heterocycles. The summed E-state index contributed by atoms with van der Waals surface area (Å²) >= 11 is 23.5. The van der Waals surface area contributed by atoms with E-state index in [4.69, 9.17) is 47.0 Å². The van der Waals surface area contributed by atoms with Gasteiger partial charge >= 0.3 is 0 Å². The van der Waals surface area contributed by atoms with E-state index < -0.39 is 9.96 Å². The molecule has 0 bridgehead atoms. The molecule has 0 fully saturated rings. The first-order chi connectivity index (χ1) is 12.6. The van der Waals surface area contributed by atoms with Gasteiger partial charge in [-0.3, -0.25) is 4.79 Å². The van der Waals surface area contributed by atoms with Gasteiger partial charge in [-0.05, 0) is 61.8 Å². The molecule has 0 radical (unpaired) electrons. The maximum atomic E-state index is 12.6. The normalized spacial score (nSPS) is 12.2. The van der Waals surface area contributed by atoms with Crippen molar-refractivity contribution in [1.82, 2.24) is 10.6 Å². The summed E-state index contributed by atoms with van der Waals surface area (Å²) in [5.41, 5.74) is 4.23. The van der Waals surface area contributed by atoms with Crippen LogP contribution in [0, 0.1) is 20.8 Å². The molecule has 0 unspecified atom stereocenters. The minimum Gasteiger partial charge on any atom is -0.339 e. The average Bonchev–Trinajstić information content (AvgIpc) is 2.57. The van der Waals surface area contributed by atoms with Crippen molar-refractivity contribution < 1.29 is 4.79 Å². The molecular formula is C19H20Cl3N3OS. The van der Waals surface area contributed by atoms with Crippen molar-refractivity contribution in [3.8, 4) is 0 Å². The fourth-order valence-corrected chi connectivity index (χ4v) is 2.95. The number of halogens is 3. The van der Waals surface area contributed by atoms with Crippen LogP contribution in [0.4, 0.5) is 5.69 Å². The first-order valence-electron chi connectivity index (χ1n) is 8.16. The molecule has 8 heteroatoms. The van der Waals surface area contributed by atoms with Crippen LogP contribution in [-0.2, 0) is 0 Å². The van der Waals surface area contributed by atoms with Gasteiger partial charge in [0.2, 0.25) is 3.79 Å². The maximum Gasteiger partial charge on any atom is 0.253 e. The van der Waals surface area contributed by atoms with Gasteiger partial charge in [-0.2, -0.15) is 0 Å². The van der Waals surface area contributed by atoms with Crippen molar-refractivity contribution in [2.24, 2.45) is 0 Å². The zero-order valence-corrected chi connectivity index (χ0v) is 18.2. The molecule has 0 aliphatic rings. The van der Waals surface area contributed by atoms with Crippen LogP contribution in [0.25, 0.3) is 0 Å². The van der Waals surface area contributed by atoms with Crippen LogP contribution < -0.4 is 16.0 Å². The number of alkyl halides is 3. The Labute approximate surface area is 179 Å². The minimum absolute atomic E-state index is 0.227. The number of thiocarbonyl (C=S) groups is 1. The summed E-state index contributed by atoms with van der Waals surface area (Å²) in [6.07, 6.45) is -1.03. The van der Waals surface area contributed by atoms with Gasteiger partial charge in [0.25, 0.3) is 5.91 Å². The topological polar surface area (TPSA) is 53.2 Å². The molecule has 144 valence electrons. The number of hydrogen-bond donors (Lipinski definition) is 3. The second-order valence-electron chi connectivity index (χ2n) is 6.18. The Morgan fingerprint density at radius 2 is 1.67 bits per heavy atom. The lowest BCUT2D eigenvalue weighted by Gasteiger charge is -2.28. The molecule has 0 saturated heterocycles. The van der Waals surface area contributed by atoms with Crippen molar-refractivity contribution >= 4 is 63.7 Å². The van der Waals surface area contributed by atoms with E-state index in [0.29, 0.717) is 5.56 Å². The number of benzene rings is 2. The van der Waals surface area contributed by atoms with Crippen molar-refractivity contribution in [1.29, 1.82) is 0 Å². The van der Waals surface area contributed by atoms with E-state index >= 15 is 0 Å². The molecule has 4 nitrogen and oxygen atoms in total. The minimum atomic E-state index is -1.81. The van der Waals surface area contributed by atoms with E-state index in [-0.39, 0.29) is 11.0 Å². The molecule has 0 spiro atoms. The van der Waals surface area contributed by atoms with Crippen LogP contribution >= 0.6 is 47.0 Å². The fraction of sp³-hybridized carbons (Fsp3) is 0.263. The van der Waals surface area contributed by atoms with Crippen LogP contribution in [0.15, 0.2) is 42.5 Å². The molecular weight excluding hydrogens is 425 g/mol. The van der Waals surface area contributed by atoms with E-state index in [2.05, 4.69) is 16.0 Å². The zero-order chi connectivity index (χ0) is 20.2. The Bertz CT molecular complexity index is 852. The zero-order valence-electron chi connectivity index (χ0n) is 15.1. The van der Waals surface area contributed by atoms with Gasteiger partial charge in [0.1, 0.15) is 6.17 Å². The molecule has 2 aromatic rings. The number of carbonyl (C=O) groups is 1. The molecule has 0 aliphatic carbocycles. The third kappa shape index (κ3) is 6.25. The Hall–Kier alpha value is -1.53. The lowest BCUT2D eigenvalue weighted by Crippen LogP contribution is -2.56. The van der Waals surface area contributed by atoms with Gasteiger partial charge < -0.3 is 16.0 Å². The van der Waals surface area contributed by atoms with Crippen LogP contribution in [0.2, 0.25) is 0 Å². The Morgan fingerprint density at radius 3 is 2.30 bits per heavy atom. The van der Waals surface area contributed by atoms with E-state index in [1.807, 2.05) is 51.1 Å². The number of rotatable bonds is 4. The van der Waals surface area contributed by atoms with Crippen LogP contribution in [0.5, 0.6) is 0 Å². The molecule has 0 saturated carbocycles. The number of aryl methyl sites for hydroxylation is 3. The third-order valence-corrected chi connectivity index (χ3v) is 4.78. The summed E-state index contributed by atoms with van der Waals surface area (Å²) in [5.74, 6) is -0.369. The van der Waals surface area contributed by atoms with E-state index in [1.165, 1.54) is 0 Å². The molecule has 2 rings (SSSR count). The lowest BCUT2D eigenvalue weighted by molar-refractivity contribution is 0.0934. The number of anilines is 1. The molecule has 0 heterocycles. The quantitative estimate of drug-likeness (QED) is 0.352. The smallest absolute Gasteiger partial charge is 0.253 e. The standard InChI is InChI=1S/C19H20Cl3N3OS/c1-11-8-9-13(3)15(10-11)23-18(27)25-17(19(20,21)22)24-16(26)14-7-5-4-6-12(14)2/h4-10,17H,1-3H3,(H,24,26)(H2,23,25,27)/t17-/m1/s1. The molecule has 0 aromatic heterocycles. The highest BCUT2D eigenvalue weighted by Crippen LogP contribution is 2.29. The summed E-state index contributed by atoms with van der Waals surface area (Å²) in [6, 6.07) is 13.1. The van der Waals surface area contributed by atoms with E-state index in [0.717, 1.165) is 22.4 Å². The summed E-state index contributed by atoms with van der Waals surface area (Å²) in [6.45, 7) is 5.77. The summed E-state index contributed by atoms with van der Waals surface area (Å²) < 4.78 is -1.81. The molecule has 1 atom stereocenters. The molecule has 2 aromatic carbocycles. The van der Waals surface area contributed by atoms with Crippen molar-refractivity contribution in [2.75, 3.05) is 5.32 Å². The SMILES string of the molecule is Cc1ccc(C)c(NC(=S)N[C@@H](NC(=O)c2ccccc2C)C(Cl)(Cl)Cl)c1. The second-order valence-corrected chi connectivity index (χ2v) is 8.96.